The standard InChI is InChI=1S/C20H26N2O4/c1-25-17-3-5-19(23)15(11-17)13-21-7-9-22(10-8-21)14-16-12-18(26-2)4-6-20(16)24/h3-6,11-12,23-24H,7-10,13-14H2,1-2H3. The van der Waals surface area contributed by atoms with Crippen LogP contribution in [-0.4, -0.2) is 60.4 Å². The van der Waals surface area contributed by atoms with Gasteiger partial charge in [0.25, 0.3) is 0 Å². The first kappa shape index (κ1) is 18.4. The third-order valence-electron chi connectivity index (χ3n) is 4.83. The summed E-state index contributed by atoms with van der Waals surface area (Å²) in [5.41, 5.74) is 1.76. The van der Waals surface area contributed by atoms with E-state index in [2.05, 4.69) is 9.80 Å². The Hall–Kier alpha value is -2.44. The van der Waals surface area contributed by atoms with E-state index in [1.165, 1.54) is 0 Å². The fourth-order valence-electron chi connectivity index (χ4n) is 3.22. The number of ether oxygens (including phenoxy) is 2. The molecule has 0 saturated carbocycles. The van der Waals surface area contributed by atoms with E-state index in [9.17, 15) is 10.2 Å². The van der Waals surface area contributed by atoms with Crippen LogP contribution in [0.4, 0.5) is 0 Å². The average Bonchev–Trinajstić information content (AvgIpc) is 2.66. The number of hydrogen-bond donors (Lipinski definition) is 2. The van der Waals surface area contributed by atoms with Crippen LogP contribution in [0.15, 0.2) is 36.4 Å². The van der Waals surface area contributed by atoms with Crippen molar-refractivity contribution in [2.24, 2.45) is 0 Å². The van der Waals surface area contributed by atoms with Crippen molar-refractivity contribution in [1.29, 1.82) is 0 Å². The molecule has 1 aliphatic rings. The largest absolute Gasteiger partial charge is 0.508 e. The summed E-state index contributed by atoms with van der Waals surface area (Å²) in [4.78, 5) is 4.63. The molecule has 140 valence electrons. The molecule has 0 atom stereocenters. The number of hydrogen-bond acceptors (Lipinski definition) is 6. The Bertz CT molecular complexity index is 679. The van der Waals surface area contributed by atoms with Crippen LogP contribution in [0.5, 0.6) is 23.0 Å². The summed E-state index contributed by atoms with van der Waals surface area (Å²) in [6.07, 6.45) is 0. The van der Waals surface area contributed by atoms with Crippen LogP contribution < -0.4 is 9.47 Å². The first-order valence-electron chi connectivity index (χ1n) is 8.75. The Kier molecular flexibility index (Phi) is 5.85. The van der Waals surface area contributed by atoms with E-state index < -0.39 is 0 Å². The summed E-state index contributed by atoms with van der Waals surface area (Å²) in [6, 6.07) is 10.6. The predicted molar refractivity (Wildman–Crippen MR) is 99.9 cm³/mol. The highest BCUT2D eigenvalue weighted by Crippen LogP contribution is 2.26. The van der Waals surface area contributed by atoms with Gasteiger partial charge >= 0.3 is 0 Å². The van der Waals surface area contributed by atoms with Crippen LogP contribution in [-0.2, 0) is 13.1 Å². The average molecular weight is 358 g/mol. The third-order valence-corrected chi connectivity index (χ3v) is 4.83. The Morgan fingerprint density at radius 1 is 0.731 bits per heavy atom. The minimum Gasteiger partial charge on any atom is -0.508 e. The second-order valence-corrected chi connectivity index (χ2v) is 6.54. The Labute approximate surface area is 154 Å². The first-order chi connectivity index (χ1) is 12.6. The predicted octanol–water partition coefficient (Wildman–Crippen LogP) is 2.43. The van der Waals surface area contributed by atoms with Crippen molar-refractivity contribution < 1.29 is 19.7 Å². The Morgan fingerprint density at radius 2 is 1.12 bits per heavy atom. The van der Waals surface area contributed by atoms with Gasteiger partial charge in [-0.15, -0.1) is 0 Å². The number of rotatable bonds is 6. The van der Waals surface area contributed by atoms with Crippen molar-refractivity contribution in [3.63, 3.8) is 0 Å². The molecule has 6 heteroatoms. The van der Waals surface area contributed by atoms with Crippen LogP contribution >= 0.6 is 0 Å². The quantitative estimate of drug-likeness (QED) is 0.827. The molecule has 1 fully saturated rings. The number of phenols is 2. The van der Waals surface area contributed by atoms with E-state index in [0.717, 1.165) is 48.8 Å². The number of benzene rings is 2. The molecule has 1 saturated heterocycles. The van der Waals surface area contributed by atoms with Gasteiger partial charge in [0.1, 0.15) is 23.0 Å². The fraction of sp³-hybridized carbons (Fsp3) is 0.400. The minimum atomic E-state index is 0.300. The molecule has 0 aliphatic carbocycles. The Morgan fingerprint density at radius 3 is 1.46 bits per heavy atom. The topological polar surface area (TPSA) is 65.4 Å². The number of phenolic OH excluding ortho intramolecular Hbond substituents is 2. The van der Waals surface area contributed by atoms with Crippen molar-refractivity contribution in [3.05, 3.63) is 47.5 Å². The van der Waals surface area contributed by atoms with Crippen molar-refractivity contribution in [2.75, 3.05) is 40.4 Å². The van der Waals surface area contributed by atoms with Crippen molar-refractivity contribution >= 4 is 0 Å². The van der Waals surface area contributed by atoms with E-state index in [4.69, 9.17) is 9.47 Å². The lowest BCUT2D eigenvalue weighted by molar-refractivity contribution is 0.120. The van der Waals surface area contributed by atoms with Gasteiger partial charge in [-0.1, -0.05) is 0 Å². The zero-order chi connectivity index (χ0) is 18.5. The van der Waals surface area contributed by atoms with E-state index in [1.54, 1.807) is 38.5 Å². The molecule has 0 aromatic heterocycles. The monoisotopic (exact) mass is 358 g/mol. The summed E-state index contributed by atoms with van der Waals surface area (Å²) in [5.74, 6) is 2.11. The van der Waals surface area contributed by atoms with E-state index in [-0.39, 0.29) is 0 Å². The van der Waals surface area contributed by atoms with Gasteiger partial charge in [0.15, 0.2) is 0 Å². The summed E-state index contributed by atoms with van der Waals surface area (Å²) in [5, 5.41) is 20.1. The molecule has 1 aliphatic heterocycles. The van der Waals surface area contributed by atoms with Gasteiger partial charge in [-0.25, -0.2) is 0 Å². The maximum atomic E-state index is 10.1. The molecule has 0 radical (unpaired) electrons. The van der Waals surface area contributed by atoms with Crippen LogP contribution in [0.1, 0.15) is 11.1 Å². The summed E-state index contributed by atoms with van der Waals surface area (Å²) in [6.45, 7) is 5.01. The second-order valence-electron chi connectivity index (χ2n) is 6.54. The zero-order valence-electron chi connectivity index (χ0n) is 15.3. The van der Waals surface area contributed by atoms with Gasteiger partial charge in [0.2, 0.25) is 0 Å². The van der Waals surface area contributed by atoms with Gasteiger partial charge < -0.3 is 19.7 Å². The number of aromatic hydroxyl groups is 2. The molecule has 0 spiro atoms. The summed E-state index contributed by atoms with van der Waals surface area (Å²) in [7, 11) is 3.26. The molecule has 2 aromatic carbocycles. The molecule has 0 bridgehead atoms. The summed E-state index contributed by atoms with van der Waals surface area (Å²) >= 11 is 0. The number of piperazine rings is 1. The van der Waals surface area contributed by atoms with Crippen LogP contribution in [0.2, 0.25) is 0 Å². The third kappa shape index (κ3) is 4.39. The van der Waals surface area contributed by atoms with E-state index in [1.807, 2.05) is 12.1 Å². The molecular weight excluding hydrogens is 332 g/mol. The highest BCUT2D eigenvalue weighted by atomic mass is 16.5. The first-order valence-corrected chi connectivity index (χ1v) is 8.75. The van der Waals surface area contributed by atoms with Gasteiger partial charge in [-0.3, -0.25) is 9.80 Å². The van der Waals surface area contributed by atoms with Gasteiger partial charge in [-0.05, 0) is 36.4 Å². The number of nitrogens with zero attached hydrogens (tertiary/aromatic N) is 2. The van der Waals surface area contributed by atoms with Crippen LogP contribution in [0, 0.1) is 0 Å². The van der Waals surface area contributed by atoms with E-state index >= 15 is 0 Å². The number of methoxy groups -OCH3 is 2. The maximum absolute atomic E-state index is 10.1. The minimum absolute atomic E-state index is 0.300. The lowest BCUT2D eigenvalue weighted by Crippen LogP contribution is -2.45. The van der Waals surface area contributed by atoms with E-state index in [0.29, 0.717) is 24.6 Å². The smallest absolute Gasteiger partial charge is 0.120 e. The highest BCUT2D eigenvalue weighted by Gasteiger charge is 2.19. The van der Waals surface area contributed by atoms with Crippen LogP contribution in [0.3, 0.4) is 0 Å². The lowest BCUT2D eigenvalue weighted by atomic mass is 10.1. The highest BCUT2D eigenvalue weighted by molar-refractivity contribution is 5.40. The SMILES string of the molecule is COc1ccc(O)c(CN2CCN(Cc3cc(OC)ccc3O)CC2)c1. The molecular formula is C20H26N2O4. The normalized spacial score (nSPS) is 15.8. The fourth-order valence-corrected chi connectivity index (χ4v) is 3.22. The van der Waals surface area contributed by atoms with Crippen LogP contribution in [0.25, 0.3) is 0 Å². The molecule has 6 nitrogen and oxygen atoms in total. The van der Waals surface area contributed by atoms with Crippen molar-refractivity contribution in [2.45, 2.75) is 13.1 Å². The molecule has 2 N–H and O–H groups in total. The van der Waals surface area contributed by atoms with Gasteiger partial charge in [-0.2, -0.15) is 0 Å². The molecule has 1 heterocycles. The molecule has 2 aromatic rings. The molecule has 3 rings (SSSR count). The maximum Gasteiger partial charge on any atom is 0.120 e. The summed E-state index contributed by atoms with van der Waals surface area (Å²) < 4.78 is 10.5. The van der Waals surface area contributed by atoms with Gasteiger partial charge in [0.05, 0.1) is 14.2 Å². The molecule has 0 amide bonds. The lowest BCUT2D eigenvalue weighted by Gasteiger charge is -2.35. The zero-order valence-corrected chi connectivity index (χ0v) is 15.3. The molecule has 26 heavy (non-hydrogen) atoms. The second kappa shape index (κ2) is 8.29. The van der Waals surface area contributed by atoms with Crippen molar-refractivity contribution in [1.82, 2.24) is 9.80 Å². The molecule has 0 unspecified atom stereocenters. The Balaban J connectivity index is 1.56. The van der Waals surface area contributed by atoms with Gasteiger partial charge in [0, 0.05) is 50.4 Å². The van der Waals surface area contributed by atoms with Crippen molar-refractivity contribution in [3.8, 4) is 23.0 Å².